The number of rotatable bonds is 3. The molecule has 0 atom stereocenters. The summed E-state index contributed by atoms with van der Waals surface area (Å²) in [5.74, 6) is 0.814. The lowest BCUT2D eigenvalue weighted by Gasteiger charge is -2.30. The van der Waals surface area contributed by atoms with Crippen LogP contribution in [-0.2, 0) is 23.2 Å². The number of fused-ring (bicyclic) bond motifs is 1. The van der Waals surface area contributed by atoms with Crippen molar-refractivity contribution in [3.63, 3.8) is 0 Å². The highest BCUT2D eigenvalue weighted by atomic mass is 79.9. The van der Waals surface area contributed by atoms with E-state index in [2.05, 4.69) is 25.6 Å². The summed E-state index contributed by atoms with van der Waals surface area (Å²) >= 11 is 3.49. The van der Waals surface area contributed by atoms with Gasteiger partial charge in [0, 0.05) is 50.5 Å². The molecule has 0 spiro atoms. The molecule has 1 aliphatic heterocycles. The number of nitrogens with zero attached hydrogens (tertiary/aromatic N) is 3. The molecule has 0 radical (unpaired) electrons. The van der Waals surface area contributed by atoms with Gasteiger partial charge in [0.2, 0.25) is 0 Å². The molecule has 0 aromatic carbocycles. The Bertz CT molecular complexity index is 589. The number of halogens is 1. The third-order valence-electron chi connectivity index (χ3n) is 3.19. The van der Waals surface area contributed by atoms with Crippen molar-refractivity contribution in [2.24, 2.45) is 0 Å². The molecule has 2 heterocycles. The second-order valence-corrected chi connectivity index (χ2v) is 7.30. The van der Waals surface area contributed by atoms with Crippen LogP contribution in [0.2, 0.25) is 0 Å². The first-order valence-corrected chi connectivity index (χ1v) is 8.12. The summed E-state index contributed by atoms with van der Waals surface area (Å²) in [6, 6.07) is 0. The molecular formula is C11H17BrN4O2S. The minimum atomic E-state index is -3.40. The Hall–Kier alpha value is -0.700. The summed E-state index contributed by atoms with van der Waals surface area (Å²) in [4.78, 5) is 6.27. The SMILES string of the molecule is CNS(=O)(=O)N1CCc2c(Br)cnc(N(C)C)c2C1. The Labute approximate surface area is 122 Å². The minimum Gasteiger partial charge on any atom is -0.362 e. The first kappa shape index (κ1) is 14.7. The number of pyridine rings is 1. The van der Waals surface area contributed by atoms with Crippen LogP contribution in [0.1, 0.15) is 11.1 Å². The maximum atomic E-state index is 11.9. The highest BCUT2D eigenvalue weighted by Crippen LogP contribution is 2.32. The largest absolute Gasteiger partial charge is 0.362 e. The Morgan fingerprint density at radius 3 is 2.68 bits per heavy atom. The number of hydrogen-bond acceptors (Lipinski definition) is 4. The molecule has 106 valence electrons. The molecule has 0 amide bonds. The molecule has 1 aromatic heterocycles. The maximum Gasteiger partial charge on any atom is 0.279 e. The Balaban J connectivity index is 2.46. The number of hydrogen-bond donors (Lipinski definition) is 1. The fourth-order valence-corrected chi connectivity index (χ4v) is 3.63. The Morgan fingerprint density at radius 2 is 2.11 bits per heavy atom. The van der Waals surface area contributed by atoms with E-state index in [-0.39, 0.29) is 0 Å². The van der Waals surface area contributed by atoms with Crippen molar-refractivity contribution in [1.29, 1.82) is 0 Å². The van der Waals surface area contributed by atoms with Crippen LogP contribution in [-0.4, -0.2) is 45.4 Å². The van der Waals surface area contributed by atoms with Gasteiger partial charge in [-0.2, -0.15) is 12.7 Å². The molecule has 1 aliphatic rings. The van der Waals surface area contributed by atoms with Crippen LogP contribution in [0.5, 0.6) is 0 Å². The molecule has 0 saturated heterocycles. The molecule has 8 heteroatoms. The topological polar surface area (TPSA) is 65.5 Å². The van der Waals surface area contributed by atoms with E-state index in [9.17, 15) is 8.42 Å². The number of aromatic nitrogens is 1. The molecule has 0 bridgehead atoms. The highest BCUT2D eigenvalue weighted by molar-refractivity contribution is 9.10. The van der Waals surface area contributed by atoms with Crippen LogP contribution in [0.15, 0.2) is 10.7 Å². The van der Waals surface area contributed by atoms with E-state index in [0.29, 0.717) is 19.5 Å². The molecule has 0 saturated carbocycles. The van der Waals surface area contributed by atoms with Gasteiger partial charge in [0.05, 0.1) is 0 Å². The normalized spacial score (nSPS) is 16.2. The standard InChI is InChI=1S/C11H17BrN4O2S/c1-13-19(17,18)16-5-4-8-9(7-16)11(15(2)3)14-6-10(8)12/h6,13H,4-5,7H2,1-3H3. The first-order chi connectivity index (χ1) is 8.86. The van der Waals surface area contributed by atoms with Gasteiger partial charge in [-0.1, -0.05) is 0 Å². The molecule has 19 heavy (non-hydrogen) atoms. The van der Waals surface area contributed by atoms with E-state index in [1.165, 1.54) is 11.4 Å². The highest BCUT2D eigenvalue weighted by Gasteiger charge is 2.29. The average molecular weight is 349 g/mol. The lowest BCUT2D eigenvalue weighted by Crippen LogP contribution is -2.42. The molecule has 1 aromatic rings. The minimum absolute atomic E-state index is 0.346. The molecular weight excluding hydrogens is 332 g/mol. The smallest absolute Gasteiger partial charge is 0.279 e. The van der Waals surface area contributed by atoms with Crippen LogP contribution in [0, 0.1) is 0 Å². The quantitative estimate of drug-likeness (QED) is 0.874. The van der Waals surface area contributed by atoms with E-state index in [0.717, 1.165) is 21.4 Å². The summed E-state index contributed by atoms with van der Waals surface area (Å²) in [6.45, 7) is 0.824. The van der Waals surface area contributed by atoms with Gasteiger partial charge >= 0.3 is 0 Å². The van der Waals surface area contributed by atoms with Crippen LogP contribution in [0.3, 0.4) is 0 Å². The fraction of sp³-hybridized carbons (Fsp3) is 0.545. The summed E-state index contributed by atoms with van der Waals surface area (Å²) in [5.41, 5.74) is 2.10. The third-order valence-corrected chi connectivity index (χ3v) is 5.38. The van der Waals surface area contributed by atoms with Crippen LogP contribution in [0.25, 0.3) is 0 Å². The van der Waals surface area contributed by atoms with E-state index in [1.54, 1.807) is 6.20 Å². The maximum absolute atomic E-state index is 11.9. The summed E-state index contributed by atoms with van der Waals surface area (Å²) in [7, 11) is 1.84. The van der Waals surface area contributed by atoms with E-state index >= 15 is 0 Å². The van der Waals surface area contributed by atoms with Crippen molar-refractivity contribution in [3.05, 3.63) is 21.8 Å². The number of anilines is 1. The third kappa shape index (κ3) is 2.76. The zero-order valence-electron chi connectivity index (χ0n) is 11.1. The molecule has 2 rings (SSSR count). The molecule has 0 aliphatic carbocycles. The van der Waals surface area contributed by atoms with Gasteiger partial charge in [-0.25, -0.2) is 9.71 Å². The van der Waals surface area contributed by atoms with Crippen molar-refractivity contribution in [2.45, 2.75) is 13.0 Å². The lowest BCUT2D eigenvalue weighted by atomic mass is 10.0. The van der Waals surface area contributed by atoms with E-state index in [4.69, 9.17) is 0 Å². The van der Waals surface area contributed by atoms with Crippen LogP contribution >= 0.6 is 15.9 Å². The van der Waals surface area contributed by atoms with E-state index < -0.39 is 10.2 Å². The second kappa shape index (κ2) is 5.35. The van der Waals surface area contributed by atoms with Gasteiger partial charge in [-0.15, -0.1) is 0 Å². The zero-order chi connectivity index (χ0) is 14.2. The van der Waals surface area contributed by atoms with Crippen molar-refractivity contribution < 1.29 is 8.42 Å². The predicted molar refractivity (Wildman–Crippen MR) is 78.4 cm³/mol. The van der Waals surface area contributed by atoms with Gasteiger partial charge in [-0.3, -0.25) is 0 Å². The average Bonchev–Trinajstić information content (AvgIpc) is 2.38. The molecule has 0 unspecified atom stereocenters. The predicted octanol–water partition coefficient (Wildman–Crippen LogP) is 0.732. The summed E-state index contributed by atoms with van der Waals surface area (Å²) in [5, 5.41) is 0. The monoisotopic (exact) mass is 348 g/mol. The van der Waals surface area contributed by atoms with Crippen LogP contribution < -0.4 is 9.62 Å². The molecule has 1 N–H and O–H groups in total. The van der Waals surface area contributed by atoms with Gasteiger partial charge < -0.3 is 4.90 Å². The zero-order valence-corrected chi connectivity index (χ0v) is 13.5. The van der Waals surface area contributed by atoms with Gasteiger partial charge in [0.1, 0.15) is 5.82 Å². The van der Waals surface area contributed by atoms with Gasteiger partial charge in [-0.05, 0) is 27.9 Å². The van der Waals surface area contributed by atoms with Gasteiger partial charge in [0.25, 0.3) is 10.2 Å². The lowest BCUT2D eigenvalue weighted by molar-refractivity contribution is 0.385. The van der Waals surface area contributed by atoms with Gasteiger partial charge in [0.15, 0.2) is 0 Å². The first-order valence-electron chi connectivity index (χ1n) is 5.89. The van der Waals surface area contributed by atoms with E-state index in [1.807, 2.05) is 19.0 Å². The molecule has 6 nitrogen and oxygen atoms in total. The molecule has 0 fully saturated rings. The Morgan fingerprint density at radius 1 is 1.42 bits per heavy atom. The van der Waals surface area contributed by atoms with Crippen LogP contribution in [0.4, 0.5) is 5.82 Å². The van der Waals surface area contributed by atoms with Crippen molar-refractivity contribution in [3.8, 4) is 0 Å². The number of nitrogens with one attached hydrogen (secondary N) is 1. The van der Waals surface area contributed by atoms with Crippen molar-refractivity contribution in [1.82, 2.24) is 14.0 Å². The summed E-state index contributed by atoms with van der Waals surface area (Å²) in [6.07, 6.45) is 2.45. The van der Waals surface area contributed by atoms with Crippen molar-refractivity contribution in [2.75, 3.05) is 32.6 Å². The summed E-state index contributed by atoms with van der Waals surface area (Å²) < 4.78 is 28.5. The Kier molecular flexibility index (Phi) is 4.14. The van der Waals surface area contributed by atoms with Crippen molar-refractivity contribution >= 4 is 32.0 Å². The fourth-order valence-electron chi connectivity index (χ4n) is 2.20. The second-order valence-electron chi connectivity index (χ2n) is 4.57.